The lowest BCUT2D eigenvalue weighted by Crippen LogP contribution is -2.07. The lowest BCUT2D eigenvalue weighted by molar-refractivity contribution is -0.141. The zero-order valence-electron chi connectivity index (χ0n) is 13.3. The van der Waals surface area contributed by atoms with Crippen molar-refractivity contribution >= 4 is 11.9 Å². The Bertz CT molecular complexity index is 801. The molecule has 0 radical (unpaired) electrons. The van der Waals surface area contributed by atoms with E-state index in [2.05, 4.69) is 9.72 Å². The van der Waals surface area contributed by atoms with Crippen LogP contribution in [0, 0.1) is 0 Å². The fourth-order valence-electron chi connectivity index (χ4n) is 1.95. The number of carbonyl (C=O) groups excluding carboxylic acids is 1. The minimum absolute atomic E-state index is 0.0549. The van der Waals surface area contributed by atoms with Gasteiger partial charge in [0.25, 0.3) is 0 Å². The van der Waals surface area contributed by atoms with Crippen LogP contribution in [-0.4, -0.2) is 24.5 Å². The Kier molecular flexibility index (Phi) is 5.91. The zero-order valence-corrected chi connectivity index (χ0v) is 13.3. The standard InChI is InChI=1S/C17H12F5NO3/c1-25-14-8-11(4-6-13(14)26-16(18)19)12(24)5-2-10-3-7-15(23-9-10)17(20,21)22/h2-9,16H,1H3/b5-2+. The molecule has 0 aliphatic carbocycles. The number of ketones is 1. The minimum Gasteiger partial charge on any atom is -0.493 e. The summed E-state index contributed by atoms with van der Waals surface area (Å²) in [6.07, 6.45) is -1.17. The second kappa shape index (κ2) is 7.94. The van der Waals surface area contributed by atoms with E-state index >= 15 is 0 Å². The Labute approximate surface area is 144 Å². The molecule has 0 saturated carbocycles. The van der Waals surface area contributed by atoms with Crippen LogP contribution in [0.15, 0.2) is 42.6 Å². The third-order valence-electron chi connectivity index (χ3n) is 3.17. The molecule has 0 spiro atoms. The van der Waals surface area contributed by atoms with E-state index in [1.54, 1.807) is 0 Å². The van der Waals surface area contributed by atoms with E-state index in [0.29, 0.717) is 0 Å². The molecule has 1 aromatic carbocycles. The van der Waals surface area contributed by atoms with Crippen LogP contribution >= 0.6 is 0 Å². The van der Waals surface area contributed by atoms with Gasteiger partial charge in [-0.15, -0.1) is 0 Å². The fraction of sp³-hybridized carbons (Fsp3) is 0.176. The lowest BCUT2D eigenvalue weighted by Gasteiger charge is -2.10. The summed E-state index contributed by atoms with van der Waals surface area (Å²) in [4.78, 5) is 15.4. The van der Waals surface area contributed by atoms with Gasteiger partial charge in [-0.05, 0) is 42.0 Å². The van der Waals surface area contributed by atoms with Crippen LogP contribution in [0.3, 0.4) is 0 Å². The van der Waals surface area contributed by atoms with Gasteiger partial charge in [0.15, 0.2) is 17.3 Å². The second-order valence-corrected chi connectivity index (χ2v) is 4.92. The van der Waals surface area contributed by atoms with Gasteiger partial charge in [-0.3, -0.25) is 9.78 Å². The van der Waals surface area contributed by atoms with Gasteiger partial charge in [-0.2, -0.15) is 22.0 Å². The summed E-state index contributed by atoms with van der Waals surface area (Å²) in [7, 11) is 1.23. The number of methoxy groups -OCH3 is 1. The van der Waals surface area contributed by atoms with Gasteiger partial charge in [0, 0.05) is 11.8 Å². The molecule has 1 aromatic heterocycles. The number of ether oxygens (including phenoxy) is 2. The van der Waals surface area contributed by atoms with Gasteiger partial charge in [0.05, 0.1) is 7.11 Å². The molecule has 0 aliphatic heterocycles. The maximum Gasteiger partial charge on any atom is 0.433 e. The lowest BCUT2D eigenvalue weighted by atomic mass is 10.1. The van der Waals surface area contributed by atoms with Crippen molar-refractivity contribution in [1.82, 2.24) is 4.98 Å². The molecule has 138 valence electrons. The quantitative estimate of drug-likeness (QED) is 0.422. The first-order valence-electron chi connectivity index (χ1n) is 7.09. The number of hydrogen-bond acceptors (Lipinski definition) is 4. The maximum atomic E-state index is 12.4. The van der Waals surface area contributed by atoms with Gasteiger partial charge >= 0.3 is 12.8 Å². The summed E-state index contributed by atoms with van der Waals surface area (Å²) in [5.41, 5.74) is -0.629. The first-order valence-corrected chi connectivity index (χ1v) is 7.09. The van der Waals surface area contributed by atoms with Crippen LogP contribution in [0.25, 0.3) is 6.08 Å². The minimum atomic E-state index is -4.54. The van der Waals surface area contributed by atoms with Gasteiger partial charge in [-0.1, -0.05) is 6.07 Å². The molecule has 0 fully saturated rings. The number of benzene rings is 1. The smallest absolute Gasteiger partial charge is 0.433 e. The average molecular weight is 373 g/mol. The van der Waals surface area contributed by atoms with Crippen LogP contribution in [0.4, 0.5) is 22.0 Å². The summed E-state index contributed by atoms with van der Waals surface area (Å²) in [5.74, 6) is -0.789. The number of rotatable bonds is 6. The largest absolute Gasteiger partial charge is 0.493 e. The van der Waals surface area contributed by atoms with Gasteiger partial charge in [-0.25, -0.2) is 0 Å². The normalized spacial score (nSPS) is 11.8. The maximum absolute atomic E-state index is 12.4. The number of allylic oxidation sites excluding steroid dienone is 1. The summed E-state index contributed by atoms with van der Waals surface area (Å²) in [6.45, 7) is -3.04. The van der Waals surface area contributed by atoms with Crippen LogP contribution in [-0.2, 0) is 6.18 Å². The van der Waals surface area contributed by atoms with Crippen molar-refractivity contribution in [2.75, 3.05) is 7.11 Å². The Morgan fingerprint density at radius 3 is 2.42 bits per heavy atom. The number of nitrogens with zero attached hydrogens (tertiary/aromatic N) is 1. The highest BCUT2D eigenvalue weighted by atomic mass is 19.4. The van der Waals surface area contributed by atoms with Crippen molar-refractivity contribution in [3.63, 3.8) is 0 Å². The number of alkyl halides is 5. The molecule has 2 aromatic rings. The predicted molar refractivity (Wildman–Crippen MR) is 82.2 cm³/mol. The summed E-state index contributed by atoms with van der Waals surface area (Å²) >= 11 is 0. The van der Waals surface area contributed by atoms with E-state index in [-0.39, 0.29) is 22.6 Å². The molecule has 26 heavy (non-hydrogen) atoms. The van der Waals surface area contributed by atoms with Crippen LogP contribution in [0.5, 0.6) is 11.5 Å². The van der Waals surface area contributed by atoms with E-state index in [0.717, 1.165) is 24.4 Å². The molecule has 0 saturated heterocycles. The summed E-state index contributed by atoms with van der Waals surface area (Å²) < 4.78 is 71.0. The van der Waals surface area contributed by atoms with Crippen molar-refractivity contribution in [3.8, 4) is 11.5 Å². The fourth-order valence-corrected chi connectivity index (χ4v) is 1.95. The molecule has 9 heteroatoms. The van der Waals surface area contributed by atoms with E-state index < -0.39 is 24.3 Å². The molecule has 0 atom stereocenters. The Balaban J connectivity index is 2.15. The molecule has 1 heterocycles. The van der Waals surface area contributed by atoms with Crippen molar-refractivity contribution in [2.45, 2.75) is 12.8 Å². The Morgan fingerprint density at radius 1 is 1.15 bits per heavy atom. The van der Waals surface area contributed by atoms with Crippen molar-refractivity contribution < 1.29 is 36.2 Å². The number of carbonyl (C=O) groups is 1. The third-order valence-corrected chi connectivity index (χ3v) is 3.17. The van der Waals surface area contributed by atoms with Gasteiger partial charge in [0.1, 0.15) is 5.69 Å². The first-order chi connectivity index (χ1) is 12.2. The number of hydrogen-bond donors (Lipinski definition) is 0. The SMILES string of the molecule is COc1cc(C(=O)/C=C/c2ccc(C(F)(F)F)nc2)ccc1OC(F)F. The van der Waals surface area contributed by atoms with Crippen LogP contribution in [0.2, 0.25) is 0 Å². The van der Waals surface area contributed by atoms with Crippen molar-refractivity contribution in [2.24, 2.45) is 0 Å². The highest BCUT2D eigenvalue weighted by Crippen LogP contribution is 2.30. The van der Waals surface area contributed by atoms with Crippen molar-refractivity contribution in [1.29, 1.82) is 0 Å². The monoisotopic (exact) mass is 373 g/mol. The van der Waals surface area contributed by atoms with Gasteiger partial charge in [0.2, 0.25) is 0 Å². The molecule has 0 unspecified atom stereocenters. The molecule has 0 aliphatic rings. The Hall–Kier alpha value is -2.97. The van der Waals surface area contributed by atoms with Crippen molar-refractivity contribution in [3.05, 3.63) is 59.4 Å². The van der Waals surface area contributed by atoms with Crippen LogP contribution in [0.1, 0.15) is 21.6 Å². The molecule has 0 bridgehead atoms. The third kappa shape index (κ3) is 5.01. The molecule has 2 rings (SSSR count). The second-order valence-electron chi connectivity index (χ2n) is 4.92. The van der Waals surface area contributed by atoms with Gasteiger partial charge < -0.3 is 9.47 Å². The van der Waals surface area contributed by atoms with E-state index in [1.165, 1.54) is 31.4 Å². The molecular weight excluding hydrogens is 361 g/mol. The summed E-state index contributed by atoms with van der Waals surface area (Å²) in [6, 6.07) is 5.60. The Morgan fingerprint density at radius 2 is 1.88 bits per heavy atom. The molecule has 0 amide bonds. The van der Waals surface area contributed by atoms with E-state index in [4.69, 9.17) is 4.74 Å². The average Bonchev–Trinajstić information content (AvgIpc) is 2.59. The first kappa shape index (κ1) is 19.4. The van der Waals surface area contributed by atoms with E-state index in [9.17, 15) is 26.7 Å². The number of pyridine rings is 1. The molecular formula is C17H12F5NO3. The summed E-state index contributed by atoms with van der Waals surface area (Å²) in [5, 5.41) is 0. The topological polar surface area (TPSA) is 48.4 Å². The molecule has 0 N–H and O–H groups in total. The molecule has 4 nitrogen and oxygen atoms in total. The van der Waals surface area contributed by atoms with E-state index in [1.807, 2.05) is 0 Å². The predicted octanol–water partition coefficient (Wildman–Crippen LogP) is 4.61. The van der Waals surface area contributed by atoms with Crippen LogP contribution < -0.4 is 9.47 Å². The highest BCUT2D eigenvalue weighted by molar-refractivity contribution is 6.07. The zero-order chi connectivity index (χ0) is 19.3. The highest BCUT2D eigenvalue weighted by Gasteiger charge is 2.31. The number of aromatic nitrogens is 1. The number of halogens is 5.